The van der Waals surface area contributed by atoms with Gasteiger partial charge in [-0.25, -0.2) is 0 Å². The Morgan fingerprint density at radius 1 is 0.476 bits per heavy atom. The van der Waals surface area contributed by atoms with E-state index in [0.29, 0.717) is 0 Å². The van der Waals surface area contributed by atoms with Gasteiger partial charge in [0.15, 0.2) is 12.6 Å². The van der Waals surface area contributed by atoms with Crippen LogP contribution < -0.4 is 20.4 Å². The van der Waals surface area contributed by atoms with Crippen molar-refractivity contribution in [2.24, 2.45) is 10.8 Å². The zero-order valence-corrected chi connectivity index (χ0v) is 34.5. The SMILES string of the molecule is CC(C)(C)/C([O-])=C/C(=O)C(F)(F)C(F)(F)C(F)(F)F.CC(C)(C)/C([O-])=C/C(=O)C(F)(F)C(F)(F)C(F)(F)F.[O-]CC1OC(O)C(O)C(O)C1O.[O-]CC1OC(O)C(O)C(O)C1O.[Ti]. The molecule has 2 fully saturated rings. The molecule has 10 unspecified atom stereocenters. The van der Waals surface area contributed by atoms with E-state index in [1.54, 1.807) is 0 Å². The number of carbonyl (C=O) groups is 2. The van der Waals surface area contributed by atoms with Crippen LogP contribution in [-0.4, -0.2) is 163 Å². The Bertz CT molecular complexity index is 1400. The number of ketones is 2. The van der Waals surface area contributed by atoms with Crippen LogP contribution in [-0.2, 0) is 40.8 Å². The molecule has 31 heteroatoms. The van der Waals surface area contributed by atoms with E-state index in [9.17, 15) is 91.5 Å². The zero-order valence-electron chi connectivity index (χ0n) is 33.0. The topological polar surface area (TPSA) is 307 Å². The van der Waals surface area contributed by atoms with Gasteiger partial charge in [-0.2, -0.15) is 61.5 Å². The smallest absolute Gasteiger partial charge is 0.460 e. The van der Waals surface area contributed by atoms with Gasteiger partial charge in [0.25, 0.3) is 0 Å². The number of hydrogen-bond donors (Lipinski definition) is 8. The fourth-order valence-electron chi connectivity index (χ4n) is 3.66. The first kappa shape index (κ1) is 65.0. The summed E-state index contributed by atoms with van der Waals surface area (Å²) in [6.07, 6.45) is -28.7. The van der Waals surface area contributed by atoms with Gasteiger partial charge in [0, 0.05) is 21.7 Å². The summed E-state index contributed by atoms with van der Waals surface area (Å²) in [4.78, 5) is 21.6. The van der Waals surface area contributed by atoms with Crippen LogP contribution in [0.2, 0.25) is 0 Å². The van der Waals surface area contributed by atoms with Gasteiger partial charge in [0.2, 0.25) is 11.6 Å². The van der Waals surface area contributed by atoms with E-state index in [2.05, 4.69) is 9.47 Å². The van der Waals surface area contributed by atoms with E-state index < -0.39 is 157 Å². The molecule has 63 heavy (non-hydrogen) atoms. The number of alkyl halides is 14. The molecule has 0 aromatic rings. The maximum absolute atomic E-state index is 12.8. The van der Waals surface area contributed by atoms with Crippen molar-refractivity contribution in [3.05, 3.63) is 23.7 Å². The summed E-state index contributed by atoms with van der Waals surface area (Å²) in [6, 6.07) is 0. The second kappa shape index (κ2) is 23.4. The number of rotatable bonds is 8. The normalized spacial score (nSPS) is 28.2. The molecular weight excluding hydrogens is 954 g/mol. The molecule has 0 bridgehead atoms. The molecule has 0 aromatic carbocycles. The Kier molecular flexibility index (Phi) is 24.1. The fourth-order valence-corrected chi connectivity index (χ4v) is 3.66. The molecule has 0 aliphatic carbocycles. The van der Waals surface area contributed by atoms with Gasteiger partial charge in [-0.3, -0.25) is 9.59 Å². The van der Waals surface area contributed by atoms with Crippen LogP contribution in [0, 0.1) is 10.8 Å². The molecule has 16 nitrogen and oxygen atoms in total. The van der Waals surface area contributed by atoms with Crippen LogP contribution in [0.25, 0.3) is 0 Å². The molecule has 372 valence electrons. The van der Waals surface area contributed by atoms with E-state index in [0.717, 1.165) is 0 Å². The van der Waals surface area contributed by atoms with Gasteiger partial charge in [0.1, 0.15) is 36.6 Å². The zero-order chi connectivity index (χ0) is 50.3. The summed E-state index contributed by atoms with van der Waals surface area (Å²) in [7, 11) is 0. The number of aliphatic hydroxyl groups is 8. The average molecular weight is 997 g/mol. The molecule has 2 rings (SSSR count). The molecule has 2 aliphatic rings. The molecule has 0 saturated carbocycles. The van der Waals surface area contributed by atoms with Crippen LogP contribution in [0.15, 0.2) is 23.7 Å². The van der Waals surface area contributed by atoms with Gasteiger partial charge in [-0.05, 0) is 23.0 Å². The van der Waals surface area contributed by atoms with Crippen molar-refractivity contribution in [2.45, 2.75) is 139 Å². The van der Waals surface area contributed by atoms with E-state index in [-0.39, 0.29) is 21.7 Å². The number of ether oxygens (including phenoxy) is 2. The first-order chi connectivity index (χ1) is 27.2. The summed E-state index contributed by atoms with van der Waals surface area (Å²) >= 11 is 0. The van der Waals surface area contributed by atoms with Crippen LogP contribution >= 0.6 is 0 Å². The Labute approximate surface area is 361 Å². The number of aliphatic hydroxyl groups excluding tert-OH is 8. The number of halogens is 14. The second-order valence-electron chi connectivity index (χ2n) is 14.9. The van der Waals surface area contributed by atoms with Crippen LogP contribution in [0.3, 0.4) is 0 Å². The first-order valence-corrected chi connectivity index (χ1v) is 16.7. The minimum absolute atomic E-state index is 0. The van der Waals surface area contributed by atoms with Crippen LogP contribution in [0.4, 0.5) is 61.5 Å². The molecule has 0 spiro atoms. The molecule has 8 N–H and O–H groups in total. The van der Waals surface area contributed by atoms with Crippen molar-refractivity contribution in [1.29, 1.82) is 0 Å². The quantitative estimate of drug-likeness (QED) is 0.0547. The van der Waals surface area contributed by atoms with Gasteiger partial charge in [-0.15, -0.1) is 24.7 Å². The van der Waals surface area contributed by atoms with E-state index in [4.69, 9.17) is 40.9 Å². The molecule has 0 radical (unpaired) electrons. The predicted molar refractivity (Wildman–Crippen MR) is 165 cm³/mol. The maximum Gasteiger partial charge on any atom is 0.460 e. The molecule has 2 heterocycles. The largest absolute Gasteiger partial charge is 0.875 e. The standard InChI is InChI=1S/2C10H11F7O2.2C6H11O6.Ti/c2*1-7(2,3)5(18)4-6(19)8(11,12)9(13,14)10(15,16)17;2*7-1-2-3(8)4(9)5(10)6(11)12-2;/h2*4,18H,1-3H3;2*2-6,8-11H,1H2;/q;;2*-1;/p-2/b2*5-4-;;;. The molecule has 2 aliphatic heterocycles. The van der Waals surface area contributed by atoms with Gasteiger partial charge in [0.05, 0.1) is 12.2 Å². The minimum Gasteiger partial charge on any atom is -0.875 e. The molecule has 2 saturated heterocycles. The van der Waals surface area contributed by atoms with E-state index >= 15 is 0 Å². The van der Waals surface area contributed by atoms with Crippen LogP contribution in [0.5, 0.6) is 0 Å². The number of hydrogen-bond acceptors (Lipinski definition) is 16. The van der Waals surface area contributed by atoms with Crippen molar-refractivity contribution < 1.29 is 164 Å². The maximum atomic E-state index is 12.8. The average Bonchev–Trinajstić information content (AvgIpc) is 3.11. The van der Waals surface area contributed by atoms with Crippen molar-refractivity contribution in [1.82, 2.24) is 0 Å². The number of allylic oxidation sites excluding steroid dienone is 4. The molecule has 10 atom stereocenters. The summed E-state index contributed by atoms with van der Waals surface area (Å²) in [5, 5.41) is 115. The van der Waals surface area contributed by atoms with Crippen molar-refractivity contribution in [2.75, 3.05) is 13.2 Å². The van der Waals surface area contributed by atoms with Gasteiger partial charge < -0.3 is 70.8 Å². The molecule has 0 amide bonds. The third-order valence-electron chi connectivity index (χ3n) is 7.83. The van der Waals surface area contributed by atoms with Gasteiger partial charge >= 0.3 is 36.0 Å². The van der Waals surface area contributed by atoms with E-state index in [1.807, 2.05) is 0 Å². The third kappa shape index (κ3) is 16.5. The Balaban J connectivity index is -0.000000773. The second-order valence-corrected chi connectivity index (χ2v) is 14.9. The first-order valence-electron chi connectivity index (χ1n) is 16.7. The predicted octanol–water partition coefficient (Wildman–Crippen LogP) is -2.35. The minimum atomic E-state index is -6.61. The Morgan fingerprint density at radius 3 is 0.873 bits per heavy atom. The van der Waals surface area contributed by atoms with Crippen molar-refractivity contribution in [3.63, 3.8) is 0 Å². The number of carbonyl (C=O) groups excluding carboxylic acids is 2. The summed E-state index contributed by atoms with van der Waals surface area (Å²) in [5.74, 6) is -33.5. The van der Waals surface area contributed by atoms with Gasteiger partial charge in [-0.1, -0.05) is 41.5 Å². The van der Waals surface area contributed by atoms with Crippen molar-refractivity contribution in [3.8, 4) is 0 Å². The molecule has 0 aromatic heterocycles. The summed E-state index contributed by atoms with van der Waals surface area (Å²) in [6.45, 7) is 5.53. The van der Waals surface area contributed by atoms with Crippen molar-refractivity contribution >= 4 is 11.6 Å². The Hall–Kier alpha value is -2.33. The summed E-state index contributed by atoms with van der Waals surface area (Å²) < 4.78 is 181. The fraction of sp³-hybridized carbons (Fsp3) is 0.812. The third-order valence-corrected chi connectivity index (χ3v) is 7.83. The summed E-state index contributed by atoms with van der Waals surface area (Å²) in [5.41, 5.74) is -2.72. The monoisotopic (exact) mass is 996 g/mol. The van der Waals surface area contributed by atoms with Crippen LogP contribution in [0.1, 0.15) is 41.5 Å². The van der Waals surface area contributed by atoms with E-state index in [1.165, 1.54) is 41.5 Å². The Morgan fingerprint density at radius 2 is 0.698 bits per heavy atom. The molecular formula is C32H42F14O16Ti-4.